The van der Waals surface area contributed by atoms with E-state index in [1.807, 2.05) is 18.2 Å². The molecule has 1 aliphatic heterocycles. The Morgan fingerprint density at radius 2 is 2.17 bits per heavy atom. The standard InChI is InChI=1S/C16H13N5OS2/c22-16-21-10-2-1-8(5-11(10)24-16)20-14-13-9-3-4-17-6-12(9)23-15(13)19-7-18-14/h1-2,5,7,17H,3-4,6H2,(H,21,22)(H,18,19,20). The molecule has 0 radical (unpaired) electrons. The number of nitrogens with zero attached hydrogens (tertiary/aromatic N) is 2. The van der Waals surface area contributed by atoms with Crippen LogP contribution in [-0.2, 0) is 13.0 Å². The first-order chi connectivity index (χ1) is 11.8. The Morgan fingerprint density at radius 1 is 1.21 bits per heavy atom. The maximum Gasteiger partial charge on any atom is 0.305 e. The minimum absolute atomic E-state index is 0.0361. The van der Waals surface area contributed by atoms with Crippen LogP contribution in [0.1, 0.15) is 10.4 Å². The molecule has 1 aliphatic rings. The first-order valence-corrected chi connectivity index (χ1v) is 9.27. The number of rotatable bonds is 2. The van der Waals surface area contributed by atoms with Crippen molar-refractivity contribution in [3.8, 4) is 0 Å². The summed E-state index contributed by atoms with van der Waals surface area (Å²) >= 11 is 2.95. The third-order valence-corrected chi connectivity index (χ3v) is 6.18. The van der Waals surface area contributed by atoms with Gasteiger partial charge >= 0.3 is 4.87 Å². The molecule has 3 N–H and O–H groups in total. The average Bonchev–Trinajstić information content (AvgIpc) is 3.14. The SMILES string of the molecule is O=c1[nH]c2ccc(Nc3ncnc4sc5c(c34)CCNC5)cc2s1. The highest BCUT2D eigenvalue weighted by Gasteiger charge is 2.19. The van der Waals surface area contributed by atoms with Crippen LogP contribution in [0.4, 0.5) is 11.5 Å². The molecule has 0 amide bonds. The van der Waals surface area contributed by atoms with E-state index in [2.05, 4.69) is 25.6 Å². The van der Waals surface area contributed by atoms with E-state index in [9.17, 15) is 4.79 Å². The number of H-pyrrole nitrogens is 1. The first kappa shape index (κ1) is 14.1. The van der Waals surface area contributed by atoms with Crippen LogP contribution in [0, 0.1) is 0 Å². The number of thiophene rings is 1. The van der Waals surface area contributed by atoms with Gasteiger partial charge in [0.05, 0.1) is 15.6 Å². The lowest BCUT2D eigenvalue weighted by Gasteiger charge is -2.13. The monoisotopic (exact) mass is 355 g/mol. The summed E-state index contributed by atoms with van der Waals surface area (Å²) in [5.41, 5.74) is 3.14. The number of hydrogen-bond acceptors (Lipinski definition) is 7. The zero-order valence-electron chi connectivity index (χ0n) is 12.5. The van der Waals surface area contributed by atoms with Gasteiger partial charge < -0.3 is 15.6 Å². The maximum absolute atomic E-state index is 11.5. The lowest BCUT2D eigenvalue weighted by Crippen LogP contribution is -2.22. The average molecular weight is 355 g/mol. The van der Waals surface area contributed by atoms with Gasteiger partial charge in [-0.3, -0.25) is 4.79 Å². The van der Waals surface area contributed by atoms with Crippen molar-refractivity contribution in [2.45, 2.75) is 13.0 Å². The van der Waals surface area contributed by atoms with Gasteiger partial charge in [-0.2, -0.15) is 0 Å². The fraction of sp³-hybridized carbons (Fsp3) is 0.188. The van der Waals surface area contributed by atoms with Crippen molar-refractivity contribution < 1.29 is 0 Å². The molecule has 0 atom stereocenters. The molecule has 0 bridgehead atoms. The lowest BCUT2D eigenvalue weighted by atomic mass is 10.1. The van der Waals surface area contributed by atoms with E-state index in [0.29, 0.717) is 0 Å². The van der Waals surface area contributed by atoms with Crippen LogP contribution >= 0.6 is 22.7 Å². The normalized spacial score (nSPS) is 14.2. The topological polar surface area (TPSA) is 82.7 Å². The quantitative estimate of drug-likeness (QED) is 0.515. The van der Waals surface area contributed by atoms with Gasteiger partial charge in [0.15, 0.2) is 0 Å². The van der Waals surface area contributed by atoms with Crippen LogP contribution in [0.25, 0.3) is 20.4 Å². The largest absolute Gasteiger partial charge is 0.340 e. The summed E-state index contributed by atoms with van der Waals surface area (Å²) in [6.45, 7) is 1.88. The molecule has 120 valence electrons. The van der Waals surface area contributed by atoms with Gasteiger partial charge in [-0.05, 0) is 36.7 Å². The van der Waals surface area contributed by atoms with Crippen molar-refractivity contribution in [1.82, 2.24) is 20.3 Å². The second-order valence-corrected chi connectivity index (χ2v) is 7.78. The Labute approximate surface area is 144 Å². The van der Waals surface area contributed by atoms with Gasteiger partial charge in [0, 0.05) is 17.1 Å². The molecule has 0 saturated carbocycles. The smallest absolute Gasteiger partial charge is 0.305 e. The van der Waals surface area contributed by atoms with Crippen molar-refractivity contribution in [1.29, 1.82) is 0 Å². The van der Waals surface area contributed by atoms with Crippen molar-refractivity contribution >= 4 is 54.6 Å². The van der Waals surface area contributed by atoms with Crippen LogP contribution in [-0.4, -0.2) is 21.5 Å². The zero-order valence-corrected chi connectivity index (χ0v) is 14.2. The van der Waals surface area contributed by atoms with Crippen LogP contribution in [0.5, 0.6) is 0 Å². The molecule has 0 unspecified atom stereocenters. The molecule has 0 fully saturated rings. The van der Waals surface area contributed by atoms with Gasteiger partial charge in [0.2, 0.25) is 0 Å². The summed E-state index contributed by atoms with van der Waals surface area (Å²) in [7, 11) is 0. The molecule has 3 aromatic heterocycles. The third-order valence-electron chi connectivity index (χ3n) is 4.19. The minimum Gasteiger partial charge on any atom is -0.340 e. The van der Waals surface area contributed by atoms with Gasteiger partial charge in [-0.25, -0.2) is 9.97 Å². The second kappa shape index (κ2) is 5.37. The molecule has 0 saturated heterocycles. The summed E-state index contributed by atoms with van der Waals surface area (Å²) in [4.78, 5) is 25.5. The van der Waals surface area contributed by atoms with Gasteiger partial charge in [-0.1, -0.05) is 11.3 Å². The summed E-state index contributed by atoms with van der Waals surface area (Å²) in [6.07, 6.45) is 2.60. The first-order valence-electron chi connectivity index (χ1n) is 7.64. The van der Waals surface area contributed by atoms with Crippen LogP contribution in [0.15, 0.2) is 29.3 Å². The Morgan fingerprint density at radius 3 is 3.12 bits per heavy atom. The number of fused-ring (bicyclic) bond motifs is 4. The lowest BCUT2D eigenvalue weighted by molar-refractivity contribution is 0.657. The van der Waals surface area contributed by atoms with E-state index in [1.165, 1.54) is 21.8 Å². The highest BCUT2D eigenvalue weighted by atomic mass is 32.1. The number of nitrogens with one attached hydrogen (secondary N) is 3. The fourth-order valence-electron chi connectivity index (χ4n) is 3.11. The fourth-order valence-corrected chi connectivity index (χ4v) is 5.05. The van der Waals surface area contributed by atoms with E-state index in [-0.39, 0.29) is 4.87 Å². The molecule has 5 rings (SSSR count). The highest BCUT2D eigenvalue weighted by molar-refractivity contribution is 7.19. The highest BCUT2D eigenvalue weighted by Crippen LogP contribution is 2.36. The van der Waals surface area contributed by atoms with E-state index in [1.54, 1.807) is 17.7 Å². The molecule has 0 aliphatic carbocycles. The minimum atomic E-state index is -0.0361. The number of hydrogen-bond donors (Lipinski definition) is 3. The number of aromatic nitrogens is 3. The molecule has 6 nitrogen and oxygen atoms in total. The molecule has 24 heavy (non-hydrogen) atoms. The summed E-state index contributed by atoms with van der Waals surface area (Å²) < 4.78 is 0.937. The number of benzene rings is 1. The van der Waals surface area contributed by atoms with Gasteiger partial charge in [-0.15, -0.1) is 11.3 Å². The van der Waals surface area contributed by atoms with E-state index in [4.69, 9.17) is 0 Å². The molecule has 8 heteroatoms. The maximum atomic E-state index is 11.5. The molecule has 1 aromatic carbocycles. The van der Waals surface area contributed by atoms with Crippen molar-refractivity contribution in [3.63, 3.8) is 0 Å². The third kappa shape index (κ3) is 2.22. The zero-order chi connectivity index (χ0) is 16.1. The molecule has 4 aromatic rings. The van der Waals surface area contributed by atoms with Crippen molar-refractivity contribution in [2.75, 3.05) is 11.9 Å². The van der Waals surface area contributed by atoms with Crippen molar-refractivity contribution in [3.05, 3.63) is 44.6 Å². The number of anilines is 2. The second-order valence-electron chi connectivity index (χ2n) is 5.68. The van der Waals surface area contributed by atoms with Gasteiger partial charge in [0.1, 0.15) is 17.0 Å². The van der Waals surface area contributed by atoms with Crippen LogP contribution < -0.4 is 15.5 Å². The summed E-state index contributed by atoms with van der Waals surface area (Å²) in [6, 6.07) is 5.85. The van der Waals surface area contributed by atoms with Crippen LogP contribution in [0.3, 0.4) is 0 Å². The van der Waals surface area contributed by atoms with E-state index in [0.717, 1.165) is 51.4 Å². The molecular formula is C16H13N5OS2. The predicted octanol–water partition coefficient (Wildman–Crippen LogP) is 2.98. The van der Waals surface area contributed by atoms with E-state index < -0.39 is 0 Å². The number of aromatic amines is 1. The Kier molecular flexibility index (Phi) is 3.15. The summed E-state index contributed by atoms with van der Waals surface area (Å²) in [5.74, 6) is 0.835. The number of thiazole rings is 1. The van der Waals surface area contributed by atoms with Gasteiger partial charge in [0.25, 0.3) is 0 Å². The van der Waals surface area contributed by atoms with Crippen LogP contribution in [0.2, 0.25) is 0 Å². The Bertz CT molecular complexity index is 1130. The molecule has 0 spiro atoms. The Balaban J connectivity index is 1.62. The van der Waals surface area contributed by atoms with Crippen molar-refractivity contribution in [2.24, 2.45) is 0 Å². The Hall–Kier alpha value is -2.29. The van der Waals surface area contributed by atoms with E-state index >= 15 is 0 Å². The summed E-state index contributed by atoms with van der Waals surface area (Å²) in [5, 5.41) is 7.94. The molecular weight excluding hydrogens is 342 g/mol. The predicted molar refractivity (Wildman–Crippen MR) is 98.6 cm³/mol. The molecule has 4 heterocycles.